The smallest absolute Gasteiger partial charge is 0.404 e. The molecule has 5 heteroatoms. The van der Waals surface area contributed by atoms with E-state index >= 15 is 0 Å². The van der Waals surface area contributed by atoms with Gasteiger partial charge in [0.25, 0.3) is 0 Å². The lowest BCUT2D eigenvalue weighted by Crippen LogP contribution is -2.11. The molecule has 3 N–H and O–H groups in total. The van der Waals surface area contributed by atoms with Crippen molar-refractivity contribution in [3.63, 3.8) is 0 Å². The van der Waals surface area contributed by atoms with Crippen LogP contribution in [0.5, 0.6) is 0 Å². The first kappa shape index (κ1) is 12.5. The van der Waals surface area contributed by atoms with Crippen LogP contribution in [-0.4, -0.2) is 23.8 Å². The van der Waals surface area contributed by atoms with Crippen LogP contribution in [0.15, 0.2) is 11.6 Å². The van der Waals surface area contributed by atoms with Gasteiger partial charge in [-0.05, 0) is 38.0 Å². The number of primary amides is 1. The molecule has 16 heavy (non-hydrogen) atoms. The summed E-state index contributed by atoms with van der Waals surface area (Å²) in [5.41, 5.74) is 5.22. The van der Waals surface area contributed by atoms with Crippen LogP contribution in [0.25, 0.3) is 0 Å². The monoisotopic (exact) mass is 227 g/mol. The van der Waals surface area contributed by atoms with Crippen molar-refractivity contribution in [2.24, 2.45) is 17.6 Å². The number of fused-ring (bicyclic) bond motifs is 2. The van der Waals surface area contributed by atoms with Crippen molar-refractivity contribution in [2.45, 2.75) is 26.2 Å². The van der Waals surface area contributed by atoms with Gasteiger partial charge in [-0.2, -0.15) is 0 Å². The van der Waals surface area contributed by atoms with Gasteiger partial charge >= 0.3 is 12.1 Å². The van der Waals surface area contributed by atoms with Crippen LogP contribution in [0.1, 0.15) is 26.2 Å². The number of amides is 1. The third-order valence-electron chi connectivity index (χ3n) is 2.86. The van der Waals surface area contributed by atoms with Crippen LogP contribution in [0.2, 0.25) is 0 Å². The zero-order valence-corrected chi connectivity index (χ0v) is 9.31. The topological polar surface area (TPSA) is 89.6 Å². The van der Waals surface area contributed by atoms with E-state index in [1.165, 1.54) is 6.42 Å². The molecule has 0 aromatic heterocycles. The number of carbonyl (C=O) groups is 2. The highest BCUT2D eigenvalue weighted by molar-refractivity contribution is 5.88. The van der Waals surface area contributed by atoms with Gasteiger partial charge < -0.3 is 15.6 Å². The number of carbonyl (C=O) groups excluding carboxylic acids is 1. The maximum atomic E-state index is 10.5. The summed E-state index contributed by atoms with van der Waals surface area (Å²) in [7, 11) is 0. The SMILES string of the molecule is CCOC(N)=O.O=C(O)C1=CC2CCC1C2. The zero-order valence-electron chi connectivity index (χ0n) is 9.31. The lowest BCUT2D eigenvalue weighted by molar-refractivity contribution is -0.133. The Morgan fingerprint density at radius 3 is 2.44 bits per heavy atom. The second-order valence-corrected chi connectivity index (χ2v) is 3.95. The molecule has 2 unspecified atom stereocenters. The summed E-state index contributed by atoms with van der Waals surface area (Å²) < 4.78 is 4.18. The molecule has 0 aromatic rings. The van der Waals surface area contributed by atoms with Crippen molar-refractivity contribution in [3.8, 4) is 0 Å². The number of ether oxygens (including phenoxy) is 1. The quantitative estimate of drug-likeness (QED) is 0.748. The molecule has 2 aliphatic rings. The van der Waals surface area contributed by atoms with Crippen molar-refractivity contribution >= 4 is 12.1 Å². The predicted octanol–water partition coefficient (Wildman–Crippen LogP) is 1.53. The minimum Gasteiger partial charge on any atom is -0.478 e. The third kappa shape index (κ3) is 3.25. The van der Waals surface area contributed by atoms with E-state index in [-0.39, 0.29) is 0 Å². The second-order valence-electron chi connectivity index (χ2n) is 3.95. The molecule has 1 fully saturated rings. The maximum absolute atomic E-state index is 10.5. The molecule has 0 aliphatic heterocycles. The van der Waals surface area contributed by atoms with Gasteiger partial charge in [0.1, 0.15) is 0 Å². The van der Waals surface area contributed by atoms with Crippen LogP contribution >= 0.6 is 0 Å². The average molecular weight is 227 g/mol. The lowest BCUT2D eigenvalue weighted by atomic mass is 9.99. The zero-order chi connectivity index (χ0) is 12.1. The molecular weight excluding hydrogens is 210 g/mol. The summed E-state index contributed by atoms with van der Waals surface area (Å²) in [5.74, 6) is 0.283. The number of hydrogen-bond donors (Lipinski definition) is 2. The fraction of sp³-hybridized carbons (Fsp3) is 0.636. The van der Waals surface area contributed by atoms with Gasteiger partial charge in [0, 0.05) is 5.57 Å². The summed E-state index contributed by atoms with van der Waals surface area (Å²) in [4.78, 5) is 20.1. The molecule has 0 saturated heterocycles. The minimum atomic E-state index is -0.711. The third-order valence-corrected chi connectivity index (χ3v) is 2.86. The highest BCUT2D eigenvalue weighted by Crippen LogP contribution is 2.43. The van der Waals surface area contributed by atoms with Crippen LogP contribution in [0.3, 0.4) is 0 Å². The Hall–Kier alpha value is -1.52. The average Bonchev–Trinajstić information content (AvgIpc) is 2.78. The van der Waals surface area contributed by atoms with Crippen LogP contribution in [0, 0.1) is 11.8 Å². The van der Waals surface area contributed by atoms with Gasteiger partial charge in [0.2, 0.25) is 0 Å². The number of hydrogen-bond acceptors (Lipinski definition) is 3. The van der Waals surface area contributed by atoms with Gasteiger partial charge in [0.15, 0.2) is 0 Å². The Labute approximate surface area is 94.3 Å². The van der Waals surface area contributed by atoms with Crippen molar-refractivity contribution in [2.75, 3.05) is 6.61 Å². The van der Waals surface area contributed by atoms with E-state index in [2.05, 4.69) is 10.5 Å². The molecule has 2 atom stereocenters. The van der Waals surface area contributed by atoms with Gasteiger partial charge in [-0.1, -0.05) is 6.08 Å². The molecule has 0 aromatic carbocycles. The Balaban J connectivity index is 0.000000187. The molecule has 2 aliphatic carbocycles. The van der Waals surface area contributed by atoms with Crippen molar-refractivity contribution in [3.05, 3.63) is 11.6 Å². The fourth-order valence-corrected chi connectivity index (χ4v) is 2.23. The highest BCUT2D eigenvalue weighted by atomic mass is 16.5. The number of nitrogens with two attached hydrogens (primary N) is 1. The Kier molecular flexibility index (Phi) is 4.34. The molecule has 1 saturated carbocycles. The molecule has 2 rings (SSSR count). The maximum Gasteiger partial charge on any atom is 0.404 e. The standard InChI is InChI=1S/C8H10O2.C3H7NO2/c9-8(10)7-4-5-1-2-6(7)3-5;1-2-6-3(4)5/h4-6H,1-3H2,(H,9,10);2H2,1H3,(H2,4,5). The number of aliphatic carboxylic acids is 1. The largest absolute Gasteiger partial charge is 0.478 e. The Morgan fingerprint density at radius 1 is 1.56 bits per heavy atom. The Bertz CT molecular complexity index is 311. The number of carboxylic acid groups (broad SMARTS) is 1. The molecule has 90 valence electrons. The Morgan fingerprint density at radius 2 is 2.25 bits per heavy atom. The normalized spacial score (nSPS) is 25.4. The highest BCUT2D eigenvalue weighted by Gasteiger charge is 2.35. The summed E-state index contributed by atoms with van der Waals surface area (Å²) >= 11 is 0. The number of carboxylic acids is 1. The molecule has 5 nitrogen and oxygen atoms in total. The second kappa shape index (κ2) is 5.53. The van der Waals surface area contributed by atoms with Gasteiger partial charge in [-0.25, -0.2) is 9.59 Å². The summed E-state index contributed by atoms with van der Waals surface area (Å²) in [6.45, 7) is 2.06. The molecule has 2 bridgehead atoms. The van der Waals surface area contributed by atoms with E-state index in [1.54, 1.807) is 6.92 Å². The van der Waals surface area contributed by atoms with Crippen molar-refractivity contribution in [1.82, 2.24) is 0 Å². The van der Waals surface area contributed by atoms with Crippen LogP contribution < -0.4 is 5.73 Å². The van der Waals surface area contributed by atoms with Gasteiger partial charge in [-0.3, -0.25) is 0 Å². The molecule has 0 spiro atoms. The van der Waals surface area contributed by atoms with Gasteiger partial charge in [-0.15, -0.1) is 0 Å². The first-order valence-corrected chi connectivity index (χ1v) is 5.41. The predicted molar refractivity (Wildman–Crippen MR) is 57.8 cm³/mol. The van der Waals surface area contributed by atoms with Gasteiger partial charge in [0.05, 0.1) is 6.61 Å². The van der Waals surface area contributed by atoms with Crippen molar-refractivity contribution < 1.29 is 19.4 Å². The van der Waals surface area contributed by atoms with E-state index < -0.39 is 12.1 Å². The summed E-state index contributed by atoms with van der Waals surface area (Å²) in [6, 6.07) is 0. The minimum absolute atomic E-state index is 0.356. The molecule has 1 amide bonds. The lowest BCUT2D eigenvalue weighted by Gasteiger charge is -2.06. The molecular formula is C11H17NO4. The van der Waals surface area contributed by atoms with E-state index in [9.17, 15) is 9.59 Å². The number of rotatable bonds is 2. The van der Waals surface area contributed by atoms with Crippen LogP contribution in [-0.2, 0) is 9.53 Å². The van der Waals surface area contributed by atoms with E-state index in [4.69, 9.17) is 5.11 Å². The first-order chi connectivity index (χ1) is 7.54. The van der Waals surface area contributed by atoms with E-state index in [1.807, 2.05) is 6.08 Å². The number of allylic oxidation sites excluding steroid dienone is 1. The van der Waals surface area contributed by atoms with Crippen LogP contribution in [0.4, 0.5) is 4.79 Å². The molecule has 0 radical (unpaired) electrons. The van der Waals surface area contributed by atoms with Crippen molar-refractivity contribution in [1.29, 1.82) is 0 Å². The van der Waals surface area contributed by atoms with E-state index in [0.29, 0.717) is 24.0 Å². The molecule has 0 heterocycles. The summed E-state index contributed by atoms with van der Waals surface area (Å²) in [5, 5.41) is 8.67. The summed E-state index contributed by atoms with van der Waals surface area (Å²) in [6.07, 6.45) is 4.64. The first-order valence-electron chi connectivity index (χ1n) is 5.41. The fourth-order valence-electron chi connectivity index (χ4n) is 2.23. The van der Waals surface area contributed by atoms with E-state index in [0.717, 1.165) is 12.8 Å².